The average Bonchev–Trinajstić information content (AvgIpc) is 3.05. The van der Waals surface area contributed by atoms with Gasteiger partial charge in [0.25, 0.3) is 0 Å². The van der Waals surface area contributed by atoms with Crippen LogP contribution in [0.5, 0.6) is 5.75 Å². The van der Waals surface area contributed by atoms with E-state index in [1.807, 2.05) is 22.0 Å². The summed E-state index contributed by atoms with van der Waals surface area (Å²) >= 11 is 1.49. The first-order chi connectivity index (χ1) is 10.2. The van der Waals surface area contributed by atoms with Crippen molar-refractivity contribution in [3.8, 4) is 11.8 Å². The highest BCUT2D eigenvalue weighted by molar-refractivity contribution is 7.15. The Hall–Kier alpha value is -2.92. The van der Waals surface area contributed by atoms with Crippen molar-refractivity contribution < 1.29 is 9.66 Å². The molecule has 3 aromatic rings. The Kier molecular flexibility index (Phi) is 3.25. The Morgan fingerprint density at radius 2 is 2.38 bits per heavy atom. The molecule has 0 aliphatic rings. The first kappa shape index (κ1) is 13.1. The molecular weight excluding hydrogens is 292 g/mol. The lowest BCUT2D eigenvalue weighted by molar-refractivity contribution is -0.386. The highest BCUT2D eigenvalue weighted by Crippen LogP contribution is 2.28. The molecule has 0 N–H and O–H groups in total. The number of nitro benzene ring substituents is 1. The number of ether oxygens (including phenoxy) is 1. The fourth-order valence-electron chi connectivity index (χ4n) is 1.85. The first-order valence-corrected chi connectivity index (χ1v) is 6.78. The van der Waals surface area contributed by atoms with Crippen LogP contribution in [0, 0.1) is 21.4 Å². The largest absolute Gasteiger partial charge is 0.480 e. The van der Waals surface area contributed by atoms with Crippen molar-refractivity contribution in [3.63, 3.8) is 0 Å². The minimum Gasteiger partial charge on any atom is -0.480 e. The summed E-state index contributed by atoms with van der Waals surface area (Å²) in [5, 5.41) is 21.7. The maximum absolute atomic E-state index is 11.0. The summed E-state index contributed by atoms with van der Waals surface area (Å²) < 4.78 is 7.32. The number of hydrogen-bond donors (Lipinski definition) is 0. The first-order valence-electron chi connectivity index (χ1n) is 5.90. The molecule has 0 aliphatic carbocycles. The van der Waals surface area contributed by atoms with Crippen LogP contribution in [0.1, 0.15) is 11.3 Å². The highest BCUT2D eigenvalue weighted by atomic mass is 32.1. The van der Waals surface area contributed by atoms with Crippen LogP contribution >= 0.6 is 11.3 Å². The van der Waals surface area contributed by atoms with Gasteiger partial charge in [-0.15, -0.1) is 11.3 Å². The maximum Gasteiger partial charge on any atom is 0.312 e. The predicted octanol–water partition coefficient (Wildman–Crippen LogP) is 2.75. The Labute approximate surface area is 122 Å². The molecular formula is C13H8N4O3S. The number of benzene rings is 1. The molecule has 7 nitrogen and oxygen atoms in total. The number of rotatable bonds is 4. The van der Waals surface area contributed by atoms with E-state index in [1.165, 1.54) is 29.5 Å². The quantitative estimate of drug-likeness (QED) is 0.545. The Balaban J connectivity index is 1.82. The molecule has 21 heavy (non-hydrogen) atoms. The van der Waals surface area contributed by atoms with E-state index in [1.54, 1.807) is 6.20 Å². The molecule has 1 aromatic carbocycles. The van der Waals surface area contributed by atoms with E-state index in [2.05, 4.69) is 4.98 Å². The molecule has 0 radical (unpaired) electrons. The second-order valence-electron chi connectivity index (χ2n) is 4.17. The number of hydrogen-bond acceptors (Lipinski definition) is 6. The summed E-state index contributed by atoms with van der Waals surface area (Å²) in [4.78, 5) is 15.6. The third-order valence-corrected chi connectivity index (χ3v) is 3.57. The van der Waals surface area contributed by atoms with E-state index in [-0.39, 0.29) is 23.6 Å². The van der Waals surface area contributed by atoms with Gasteiger partial charge in [-0.2, -0.15) is 5.26 Å². The number of nitriles is 1. The van der Waals surface area contributed by atoms with Gasteiger partial charge in [0.2, 0.25) is 0 Å². The van der Waals surface area contributed by atoms with E-state index in [4.69, 9.17) is 10.00 Å². The fraction of sp³-hybridized carbons (Fsp3) is 0.0769. The van der Waals surface area contributed by atoms with Crippen molar-refractivity contribution in [2.24, 2.45) is 0 Å². The molecule has 0 bridgehead atoms. The van der Waals surface area contributed by atoms with Gasteiger partial charge in [0.15, 0.2) is 10.7 Å². The van der Waals surface area contributed by atoms with Gasteiger partial charge in [-0.05, 0) is 12.1 Å². The Morgan fingerprint density at radius 1 is 1.52 bits per heavy atom. The minimum absolute atomic E-state index is 0.121. The van der Waals surface area contributed by atoms with Gasteiger partial charge in [-0.1, -0.05) is 0 Å². The minimum atomic E-state index is -0.568. The summed E-state index contributed by atoms with van der Waals surface area (Å²) in [6, 6.07) is 5.96. The van der Waals surface area contributed by atoms with Gasteiger partial charge in [0, 0.05) is 23.8 Å². The summed E-state index contributed by atoms with van der Waals surface area (Å²) in [6.45, 7) is 0.126. The van der Waals surface area contributed by atoms with Crippen LogP contribution in [0.4, 0.5) is 5.69 Å². The van der Waals surface area contributed by atoms with Gasteiger partial charge in [0.1, 0.15) is 6.61 Å². The lowest BCUT2D eigenvalue weighted by Gasteiger charge is -2.05. The van der Waals surface area contributed by atoms with E-state index in [0.717, 1.165) is 4.96 Å². The van der Waals surface area contributed by atoms with E-state index < -0.39 is 4.92 Å². The van der Waals surface area contributed by atoms with Crippen LogP contribution < -0.4 is 4.74 Å². The van der Waals surface area contributed by atoms with Gasteiger partial charge in [-0.3, -0.25) is 14.5 Å². The van der Waals surface area contributed by atoms with Crippen molar-refractivity contribution in [2.75, 3.05) is 0 Å². The molecule has 0 saturated carbocycles. The Morgan fingerprint density at radius 3 is 3.10 bits per heavy atom. The topological polar surface area (TPSA) is 93.5 Å². The molecule has 0 unspecified atom stereocenters. The second kappa shape index (κ2) is 5.22. The number of thiazole rings is 1. The van der Waals surface area contributed by atoms with Crippen molar-refractivity contribution >= 4 is 22.0 Å². The molecule has 3 rings (SSSR count). The molecule has 0 amide bonds. The average molecular weight is 300 g/mol. The van der Waals surface area contributed by atoms with Gasteiger partial charge in [0.05, 0.1) is 22.2 Å². The lowest BCUT2D eigenvalue weighted by atomic mass is 10.2. The van der Waals surface area contributed by atoms with Crippen LogP contribution in [0.3, 0.4) is 0 Å². The molecule has 2 aromatic heterocycles. The van der Waals surface area contributed by atoms with E-state index in [0.29, 0.717) is 5.69 Å². The standard InChI is InChI=1S/C13H8N4O3S/c14-6-9-1-2-12(11(5-9)17(18)19)20-8-10-7-16-3-4-21-13(16)15-10/h1-5,7H,8H2. The predicted molar refractivity (Wildman–Crippen MR) is 75.2 cm³/mol. The zero-order valence-corrected chi connectivity index (χ0v) is 11.4. The monoisotopic (exact) mass is 300 g/mol. The van der Waals surface area contributed by atoms with E-state index >= 15 is 0 Å². The summed E-state index contributed by atoms with van der Waals surface area (Å²) in [7, 11) is 0. The van der Waals surface area contributed by atoms with Crippen molar-refractivity contribution in [1.29, 1.82) is 5.26 Å². The SMILES string of the molecule is N#Cc1ccc(OCc2cn3ccsc3n2)c([N+](=O)[O-])c1. The van der Waals surface area contributed by atoms with Crippen molar-refractivity contribution in [1.82, 2.24) is 9.38 Å². The summed E-state index contributed by atoms with van der Waals surface area (Å²) in [6.07, 6.45) is 3.68. The molecule has 0 aliphatic heterocycles. The third-order valence-electron chi connectivity index (χ3n) is 2.80. The second-order valence-corrected chi connectivity index (χ2v) is 5.04. The molecule has 0 saturated heterocycles. The van der Waals surface area contributed by atoms with Gasteiger partial charge < -0.3 is 4.74 Å². The smallest absolute Gasteiger partial charge is 0.312 e. The third kappa shape index (κ3) is 2.54. The summed E-state index contributed by atoms with van der Waals surface area (Å²) in [5.41, 5.74) is 0.673. The zero-order valence-electron chi connectivity index (χ0n) is 10.6. The normalized spacial score (nSPS) is 10.4. The van der Waals surface area contributed by atoms with Crippen LogP contribution in [0.25, 0.3) is 4.96 Å². The number of nitro groups is 1. The number of nitrogens with zero attached hydrogens (tertiary/aromatic N) is 4. The van der Waals surface area contributed by atoms with Crippen LogP contribution in [0.15, 0.2) is 36.0 Å². The molecule has 0 spiro atoms. The molecule has 0 fully saturated rings. The molecule has 0 atom stereocenters. The molecule has 104 valence electrons. The van der Waals surface area contributed by atoms with Gasteiger partial charge >= 0.3 is 5.69 Å². The van der Waals surface area contributed by atoms with Crippen LogP contribution in [-0.2, 0) is 6.61 Å². The highest BCUT2D eigenvalue weighted by Gasteiger charge is 2.16. The maximum atomic E-state index is 11.0. The van der Waals surface area contributed by atoms with Gasteiger partial charge in [-0.25, -0.2) is 4.98 Å². The molecule has 2 heterocycles. The van der Waals surface area contributed by atoms with Crippen molar-refractivity contribution in [2.45, 2.75) is 6.61 Å². The summed E-state index contributed by atoms with van der Waals surface area (Å²) in [5.74, 6) is 0.121. The fourth-order valence-corrected chi connectivity index (χ4v) is 2.57. The van der Waals surface area contributed by atoms with Crippen LogP contribution in [-0.4, -0.2) is 14.3 Å². The zero-order chi connectivity index (χ0) is 14.8. The molecule has 8 heteroatoms. The van der Waals surface area contributed by atoms with Crippen LogP contribution in [0.2, 0.25) is 0 Å². The lowest BCUT2D eigenvalue weighted by Crippen LogP contribution is -1.99. The number of imidazole rings is 1. The number of fused-ring (bicyclic) bond motifs is 1. The number of aromatic nitrogens is 2. The van der Waals surface area contributed by atoms with Crippen molar-refractivity contribution in [3.05, 3.63) is 57.3 Å². The van der Waals surface area contributed by atoms with E-state index in [9.17, 15) is 10.1 Å². The Bertz CT molecular complexity index is 833.